The fourth-order valence-corrected chi connectivity index (χ4v) is 0.939. The molecule has 0 aliphatic heterocycles. The fourth-order valence-electron chi connectivity index (χ4n) is 0.466. The lowest BCUT2D eigenvalue weighted by molar-refractivity contribution is -0.138. The molecule has 5 heteroatoms. The van der Waals surface area contributed by atoms with Crippen molar-refractivity contribution >= 4 is 20.1 Å². The lowest BCUT2D eigenvalue weighted by Crippen LogP contribution is -2.30. The van der Waals surface area contributed by atoms with Crippen LogP contribution in [0.1, 0.15) is 6.42 Å². The van der Waals surface area contributed by atoms with Crippen LogP contribution in [0, 0.1) is 0 Å². The second-order valence-corrected chi connectivity index (χ2v) is 2.81. The lowest BCUT2D eigenvalue weighted by atomic mass is 10.2. The molecule has 10 heavy (non-hydrogen) atoms. The van der Waals surface area contributed by atoms with Crippen molar-refractivity contribution in [2.24, 2.45) is 5.73 Å². The fraction of sp³-hybridized carbons (Fsp3) is 0.600. The molecule has 4 nitrogen and oxygen atoms in total. The highest BCUT2D eigenvalue weighted by molar-refractivity contribution is 7.57. The summed E-state index contributed by atoms with van der Waals surface area (Å²) in [5, 5.41) is 8.20. The molecule has 0 aromatic heterocycles. The summed E-state index contributed by atoms with van der Waals surface area (Å²) in [6, 6.07) is -0.819. The number of hydrogen-bond donors (Lipinski definition) is 2. The molecule has 0 bridgehead atoms. The Kier molecular flexibility index (Phi) is 4.16. The molecule has 0 amide bonds. The number of carboxylic acids is 1. The van der Waals surface area contributed by atoms with Crippen molar-refractivity contribution in [1.29, 1.82) is 0 Å². The van der Waals surface area contributed by atoms with Crippen LogP contribution in [-0.4, -0.2) is 29.3 Å². The van der Waals surface area contributed by atoms with Gasteiger partial charge in [0, 0.05) is 0 Å². The van der Waals surface area contributed by atoms with Gasteiger partial charge in [-0.2, -0.15) is 0 Å². The van der Waals surface area contributed by atoms with Gasteiger partial charge >= 0.3 is 5.97 Å². The van der Waals surface area contributed by atoms with E-state index in [1.54, 1.807) is 6.66 Å². The van der Waals surface area contributed by atoms with Gasteiger partial charge in [-0.15, -0.1) is 0 Å². The molecular weight excluding hydrogens is 153 g/mol. The molecule has 0 heterocycles. The van der Waals surface area contributed by atoms with E-state index in [9.17, 15) is 9.59 Å². The van der Waals surface area contributed by atoms with Crippen LogP contribution >= 0.6 is 8.58 Å². The van der Waals surface area contributed by atoms with Crippen LogP contribution in [0.4, 0.5) is 0 Å². The topological polar surface area (TPSA) is 80.4 Å². The van der Waals surface area contributed by atoms with Gasteiger partial charge in [0.15, 0.2) is 5.52 Å². The van der Waals surface area contributed by atoms with Crippen molar-refractivity contribution < 1.29 is 14.7 Å². The number of carbonyl (C=O) groups is 2. The largest absolute Gasteiger partial charge is 0.481 e. The van der Waals surface area contributed by atoms with E-state index in [0.29, 0.717) is 0 Å². The first-order chi connectivity index (χ1) is 4.57. The number of rotatable bonds is 4. The molecule has 0 saturated carbocycles. The standard InChI is InChI=1S/C5H10NO3P/c1-10-5(9)3(6)2-4(7)8/h3,10H,2,6H2,1H3,(H,7,8). The van der Waals surface area contributed by atoms with Crippen molar-refractivity contribution in [3.8, 4) is 0 Å². The zero-order chi connectivity index (χ0) is 8.15. The molecule has 58 valence electrons. The van der Waals surface area contributed by atoms with Gasteiger partial charge in [0.05, 0.1) is 12.5 Å². The van der Waals surface area contributed by atoms with Gasteiger partial charge in [-0.1, -0.05) is 8.58 Å². The van der Waals surface area contributed by atoms with E-state index in [1.165, 1.54) is 0 Å². The van der Waals surface area contributed by atoms with Crippen molar-refractivity contribution in [2.45, 2.75) is 12.5 Å². The van der Waals surface area contributed by atoms with Crippen molar-refractivity contribution in [2.75, 3.05) is 6.66 Å². The molecular formula is C5H10NO3P. The number of aliphatic carboxylic acids is 1. The van der Waals surface area contributed by atoms with E-state index in [2.05, 4.69) is 0 Å². The third-order valence-electron chi connectivity index (χ3n) is 0.978. The Hall–Kier alpha value is -0.470. The lowest BCUT2D eigenvalue weighted by Gasteiger charge is -2.03. The monoisotopic (exact) mass is 163 g/mol. The first kappa shape index (κ1) is 9.53. The van der Waals surface area contributed by atoms with Crippen LogP contribution in [0.25, 0.3) is 0 Å². The van der Waals surface area contributed by atoms with Gasteiger partial charge in [0.25, 0.3) is 0 Å². The average molecular weight is 163 g/mol. The van der Waals surface area contributed by atoms with Gasteiger partial charge < -0.3 is 10.8 Å². The third kappa shape index (κ3) is 3.54. The SMILES string of the molecule is CPC(=O)C(N)CC(=O)O. The maximum atomic E-state index is 10.7. The summed E-state index contributed by atoms with van der Waals surface area (Å²) in [5.41, 5.74) is 5.03. The van der Waals surface area contributed by atoms with Crippen molar-refractivity contribution in [1.82, 2.24) is 0 Å². The molecule has 0 aliphatic rings. The second-order valence-electron chi connectivity index (χ2n) is 1.82. The molecule has 0 fully saturated rings. The molecule has 0 aliphatic carbocycles. The Bertz CT molecular complexity index is 148. The van der Waals surface area contributed by atoms with Crippen LogP contribution in [0.5, 0.6) is 0 Å². The molecule has 0 spiro atoms. The van der Waals surface area contributed by atoms with Crippen molar-refractivity contribution in [3.05, 3.63) is 0 Å². The van der Waals surface area contributed by atoms with Crippen molar-refractivity contribution in [3.63, 3.8) is 0 Å². The molecule has 0 saturated heterocycles. The summed E-state index contributed by atoms with van der Waals surface area (Å²) in [6.45, 7) is 1.68. The molecule has 0 rings (SSSR count). The van der Waals surface area contributed by atoms with Crippen LogP contribution in [0.15, 0.2) is 0 Å². The van der Waals surface area contributed by atoms with Gasteiger partial charge in [-0.3, -0.25) is 9.59 Å². The average Bonchev–Trinajstić information content (AvgIpc) is 1.85. The van der Waals surface area contributed by atoms with Gasteiger partial charge in [-0.05, 0) is 6.66 Å². The summed E-state index contributed by atoms with van der Waals surface area (Å²) in [6.07, 6.45) is -0.264. The minimum absolute atomic E-state index is 0.0842. The smallest absolute Gasteiger partial charge is 0.305 e. The van der Waals surface area contributed by atoms with Gasteiger partial charge in [0.2, 0.25) is 0 Å². The minimum atomic E-state index is -1.03. The Morgan fingerprint density at radius 2 is 2.20 bits per heavy atom. The normalized spacial score (nSPS) is 13.8. The zero-order valence-corrected chi connectivity index (χ0v) is 6.63. The summed E-state index contributed by atoms with van der Waals surface area (Å²) in [4.78, 5) is 20.7. The van der Waals surface area contributed by atoms with Crippen LogP contribution in [0.2, 0.25) is 0 Å². The van der Waals surface area contributed by atoms with Gasteiger partial charge in [0.1, 0.15) is 0 Å². The van der Waals surface area contributed by atoms with Crippen LogP contribution < -0.4 is 5.73 Å². The highest BCUT2D eigenvalue weighted by Crippen LogP contribution is 2.08. The molecule has 0 aromatic rings. The Balaban J connectivity index is 3.72. The van der Waals surface area contributed by atoms with Gasteiger partial charge in [-0.25, -0.2) is 0 Å². The molecule has 0 radical (unpaired) electrons. The summed E-state index contributed by atoms with van der Waals surface area (Å²) < 4.78 is 0. The second kappa shape index (κ2) is 4.36. The van der Waals surface area contributed by atoms with E-state index in [1.807, 2.05) is 0 Å². The highest BCUT2D eigenvalue weighted by atomic mass is 31.1. The van der Waals surface area contributed by atoms with Crippen LogP contribution in [0.3, 0.4) is 0 Å². The number of nitrogens with two attached hydrogens (primary N) is 1. The molecule has 2 unspecified atom stereocenters. The number of carbonyl (C=O) groups excluding carboxylic acids is 1. The van der Waals surface area contributed by atoms with E-state index >= 15 is 0 Å². The first-order valence-corrected chi connectivity index (χ1v) is 4.27. The summed E-state index contributed by atoms with van der Waals surface area (Å²) >= 11 is 0. The summed E-state index contributed by atoms with van der Waals surface area (Å²) in [7, 11) is 0.0842. The van der Waals surface area contributed by atoms with E-state index < -0.39 is 12.0 Å². The number of carboxylic acid groups (broad SMARTS) is 1. The van der Waals surface area contributed by atoms with E-state index in [4.69, 9.17) is 10.8 Å². The first-order valence-electron chi connectivity index (χ1n) is 2.77. The van der Waals surface area contributed by atoms with E-state index in [0.717, 1.165) is 0 Å². The minimum Gasteiger partial charge on any atom is -0.481 e. The molecule has 2 atom stereocenters. The maximum absolute atomic E-state index is 10.7. The Labute approximate surface area is 60.6 Å². The zero-order valence-electron chi connectivity index (χ0n) is 5.63. The third-order valence-corrected chi connectivity index (χ3v) is 1.84. The van der Waals surface area contributed by atoms with E-state index in [-0.39, 0.29) is 20.5 Å². The molecule has 3 N–H and O–H groups in total. The summed E-state index contributed by atoms with van der Waals surface area (Å²) in [5.74, 6) is -1.03. The van der Waals surface area contributed by atoms with Crippen LogP contribution in [-0.2, 0) is 9.59 Å². The maximum Gasteiger partial charge on any atom is 0.305 e. The highest BCUT2D eigenvalue weighted by Gasteiger charge is 2.14. The quantitative estimate of drug-likeness (QED) is 0.554. The Morgan fingerprint density at radius 3 is 2.50 bits per heavy atom. The predicted octanol–water partition coefficient (Wildman–Crippen LogP) is -0.377. The molecule has 0 aromatic carbocycles. The number of hydrogen-bond acceptors (Lipinski definition) is 3. The predicted molar refractivity (Wildman–Crippen MR) is 39.5 cm³/mol. The Morgan fingerprint density at radius 1 is 1.70 bits per heavy atom.